The minimum absolute atomic E-state index is 0.0212. The third-order valence-electron chi connectivity index (χ3n) is 4.01. The molecule has 0 bridgehead atoms. The van der Waals surface area contributed by atoms with Gasteiger partial charge in [-0.1, -0.05) is 23.7 Å². The van der Waals surface area contributed by atoms with Crippen molar-refractivity contribution in [2.24, 2.45) is 10.9 Å². The van der Waals surface area contributed by atoms with Crippen LogP contribution in [0.2, 0.25) is 5.02 Å². The number of benzene rings is 2. The van der Waals surface area contributed by atoms with Crippen LogP contribution in [-0.2, 0) is 0 Å². The summed E-state index contributed by atoms with van der Waals surface area (Å²) in [5, 5.41) is 3.17. The number of fused-ring (bicyclic) bond motifs is 1. The van der Waals surface area contributed by atoms with Gasteiger partial charge in [0.05, 0.1) is 15.6 Å². The molecule has 0 saturated heterocycles. The highest BCUT2D eigenvalue weighted by atomic mass is 35.5. The van der Waals surface area contributed by atoms with Crippen LogP contribution in [0, 0.1) is 17.6 Å². The maximum absolute atomic E-state index is 14.0. The van der Waals surface area contributed by atoms with Gasteiger partial charge in [-0.25, -0.2) is 8.78 Å². The molecule has 1 fully saturated rings. The minimum Gasteiger partial charge on any atom is -0.324 e. The first-order valence-electron chi connectivity index (χ1n) is 7.64. The Balaban J connectivity index is 1.76. The van der Waals surface area contributed by atoms with Gasteiger partial charge in [0.1, 0.15) is 11.6 Å². The molecule has 1 aliphatic heterocycles. The van der Waals surface area contributed by atoms with Gasteiger partial charge in [-0.3, -0.25) is 9.71 Å². The average molecular weight is 366 g/mol. The number of hydrogen-bond donors (Lipinski definition) is 2. The van der Waals surface area contributed by atoms with E-state index in [2.05, 4.69) is 15.0 Å². The molecule has 0 radical (unpaired) electrons. The van der Waals surface area contributed by atoms with Crippen LogP contribution < -0.4 is 10.0 Å². The molecule has 0 atom stereocenters. The number of aliphatic imine (C=N–C) groups is 1. The predicted molar refractivity (Wildman–Crippen MR) is 94.4 cm³/mol. The van der Waals surface area contributed by atoms with E-state index < -0.39 is 11.6 Å². The predicted octanol–water partition coefficient (Wildman–Crippen LogP) is 5.07. The Morgan fingerprint density at radius 2 is 2.04 bits per heavy atom. The number of anilines is 1. The molecular weight excluding hydrogens is 352 g/mol. The second-order valence-electron chi connectivity index (χ2n) is 5.89. The lowest BCUT2D eigenvalue weighted by molar-refractivity contribution is 0.624. The first-order chi connectivity index (χ1) is 11.6. The SMILES string of the molecule is Fc1cc2c(c(-c3cccc(F)c3Cl)c1)NC(=NCC1CC1)NS2. The largest absolute Gasteiger partial charge is 0.324 e. The van der Waals surface area contributed by atoms with Crippen molar-refractivity contribution in [3.05, 3.63) is 47.0 Å². The van der Waals surface area contributed by atoms with Crippen molar-refractivity contribution in [1.82, 2.24) is 4.72 Å². The molecule has 0 amide bonds. The minimum atomic E-state index is -0.531. The maximum Gasteiger partial charge on any atom is 0.206 e. The monoisotopic (exact) mass is 365 g/mol. The number of hydrogen-bond acceptors (Lipinski definition) is 2. The van der Waals surface area contributed by atoms with E-state index in [0.717, 1.165) is 6.54 Å². The molecule has 1 aliphatic carbocycles. The Hall–Kier alpha value is -1.79. The Kier molecular flexibility index (Phi) is 4.10. The smallest absolute Gasteiger partial charge is 0.206 e. The Morgan fingerprint density at radius 3 is 2.83 bits per heavy atom. The zero-order valence-corrected chi connectivity index (χ0v) is 14.1. The molecule has 1 saturated carbocycles. The summed E-state index contributed by atoms with van der Waals surface area (Å²) in [6, 6.07) is 7.30. The zero-order chi connectivity index (χ0) is 16.7. The van der Waals surface area contributed by atoms with Crippen molar-refractivity contribution in [1.29, 1.82) is 0 Å². The second kappa shape index (κ2) is 6.26. The number of guanidine groups is 1. The summed E-state index contributed by atoms with van der Waals surface area (Å²) >= 11 is 7.37. The van der Waals surface area contributed by atoms with E-state index in [0.29, 0.717) is 33.6 Å². The molecule has 4 rings (SSSR count). The number of nitrogens with one attached hydrogen (secondary N) is 2. The molecule has 3 nitrogen and oxygen atoms in total. The van der Waals surface area contributed by atoms with Crippen LogP contribution in [0.15, 0.2) is 40.2 Å². The van der Waals surface area contributed by atoms with Gasteiger partial charge in [-0.05, 0) is 48.9 Å². The molecule has 0 unspecified atom stereocenters. The van der Waals surface area contributed by atoms with E-state index in [1.165, 1.54) is 43.0 Å². The van der Waals surface area contributed by atoms with Crippen molar-refractivity contribution in [2.45, 2.75) is 17.7 Å². The van der Waals surface area contributed by atoms with Gasteiger partial charge in [0.25, 0.3) is 0 Å². The fourth-order valence-electron chi connectivity index (χ4n) is 2.56. The third-order valence-corrected chi connectivity index (χ3v) is 5.24. The van der Waals surface area contributed by atoms with E-state index in [4.69, 9.17) is 11.6 Å². The molecule has 2 aliphatic rings. The quantitative estimate of drug-likeness (QED) is 0.745. The van der Waals surface area contributed by atoms with Crippen molar-refractivity contribution in [2.75, 3.05) is 11.9 Å². The lowest BCUT2D eigenvalue weighted by Gasteiger charge is -2.23. The molecule has 24 heavy (non-hydrogen) atoms. The highest BCUT2D eigenvalue weighted by molar-refractivity contribution is 7.98. The Bertz CT molecular complexity index is 837. The van der Waals surface area contributed by atoms with Crippen LogP contribution in [-0.4, -0.2) is 12.5 Å². The van der Waals surface area contributed by atoms with Crippen LogP contribution in [0.5, 0.6) is 0 Å². The topological polar surface area (TPSA) is 36.4 Å². The van der Waals surface area contributed by atoms with Gasteiger partial charge in [0.2, 0.25) is 5.96 Å². The molecule has 0 spiro atoms. The van der Waals surface area contributed by atoms with Gasteiger partial charge >= 0.3 is 0 Å². The van der Waals surface area contributed by atoms with E-state index >= 15 is 0 Å². The first kappa shape index (κ1) is 15.7. The first-order valence-corrected chi connectivity index (χ1v) is 8.83. The summed E-state index contributed by atoms with van der Waals surface area (Å²) in [5.41, 5.74) is 1.65. The standard InChI is InChI=1S/C17H14ClF2N3S/c18-15-11(2-1-3-13(15)20)12-6-10(19)7-14-16(12)22-17(23-24-14)21-8-9-4-5-9/h1-3,6-7,9H,4-5,8H2,(H2,21,22,23). The van der Waals surface area contributed by atoms with Crippen molar-refractivity contribution >= 4 is 35.2 Å². The highest BCUT2D eigenvalue weighted by Gasteiger charge is 2.24. The molecule has 2 aromatic carbocycles. The highest BCUT2D eigenvalue weighted by Crippen LogP contribution is 2.41. The number of halogens is 3. The van der Waals surface area contributed by atoms with Gasteiger partial charge in [-0.2, -0.15) is 0 Å². The van der Waals surface area contributed by atoms with E-state index in [1.807, 2.05) is 0 Å². The lowest BCUT2D eigenvalue weighted by Crippen LogP contribution is -2.30. The van der Waals surface area contributed by atoms with E-state index in [9.17, 15) is 8.78 Å². The maximum atomic E-state index is 14.0. The Morgan fingerprint density at radius 1 is 1.21 bits per heavy atom. The van der Waals surface area contributed by atoms with Crippen molar-refractivity contribution in [3.8, 4) is 11.1 Å². The summed E-state index contributed by atoms with van der Waals surface area (Å²) in [6.45, 7) is 0.766. The van der Waals surface area contributed by atoms with Crippen molar-refractivity contribution in [3.63, 3.8) is 0 Å². The summed E-state index contributed by atoms with van der Waals surface area (Å²) in [7, 11) is 0. The van der Waals surface area contributed by atoms with Gasteiger partial charge in [0, 0.05) is 17.7 Å². The fourth-order valence-corrected chi connectivity index (χ4v) is 3.54. The van der Waals surface area contributed by atoms with Crippen molar-refractivity contribution < 1.29 is 8.78 Å². The molecule has 1 heterocycles. The van der Waals surface area contributed by atoms with Gasteiger partial charge < -0.3 is 5.32 Å². The molecule has 2 N–H and O–H groups in total. The van der Waals surface area contributed by atoms with Crippen LogP contribution in [0.25, 0.3) is 11.1 Å². The van der Waals surface area contributed by atoms with Gasteiger partial charge in [-0.15, -0.1) is 0 Å². The number of nitrogens with zero attached hydrogens (tertiary/aromatic N) is 1. The normalized spacial score (nSPS) is 18.0. The van der Waals surface area contributed by atoms with Crippen LogP contribution in [0.3, 0.4) is 0 Å². The molecule has 124 valence electrons. The van der Waals surface area contributed by atoms with Crippen LogP contribution in [0.4, 0.5) is 14.5 Å². The average Bonchev–Trinajstić information content (AvgIpc) is 3.39. The second-order valence-corrected chi connectivity index (χ2v) is 7.12. The Labute approximate surface area is 147 Å². The fraction of sp³-hybridized carbons (Fsp3) is 0.235. The van der Waals surface area contributed by atoms with Gasteiger partial charge in [0.15, 0.2) is 0 Å². The summed E-state index contributed by atoms with van der Waals surface area (Å²) in [6.07, 6.45) is 2.44. The lowest BCUT2D eigenvalue weighted by atomic mass is 10.0. The van der Waals surface area contributed by atoms with Crippen LogP contribution >= 0.6 is 23.5 Å². The molecular formula is C17H14ClF2N3S. The molecule has 7 heteroatoms. The number of rotatable bonds is 3. The van der Waals surface area contributed by atoms with E-state index in [1.54, 1.807) is 12.1 Å². The molecule has 0 aromatic heterocycles. The molecule has 2 aromatic rings. The van der Waals surface area contributed by atoms with E-state index in [-0.39, 0.29) is 5.02 Å². The van der Waals surface area contributed by atoms with Crippen LogP contribution in [0.1, 0.15) is 12.8 Å². The summed E-state index contributed by atoms with van der Waals surface area (Å²) in [5.74, 6) is 0.354. The third kappa shape index (κ3) is 3.08. The zero-order valence-electron chi connectivity index (χ0n) is 12.6. The summed E-state index contributed by atoms with van der Waals surface area (Å²) in [4.78, 5) is 5.19. The summed E-state index contributed by atoms with van der Waals surface area (Å²) < 4.78 is 30.9.